The van der Waals surface area contributed by atoms with Crippen LogP contribution in [0.4, 0.5) is 11.4 Å². The molecule has 2 aliphatic rings. The second-order valence-corrected chi connectivity index (χ2v) is 12.0. The van der Waals surface area contributed by atoms with Crippen LogP contribution in [0, 0.1) is 0 Å². The molecule has 0 bridgehead atoms. The number of rotatable bonds is 6. The molecule has 0 spiro atoms. The minimum absolute atomic E-state index is 0.0395. The highest BCUT2D eigenvalue weighted by Gasteiger charge is 2.35. The van der Waals surface area contributed by atoms with Crippen molar-refractivity contribution in [3.8, 4) is 11.5 Å². The lowest BCUT2D eigenvalue weighted by molar-refractivity contribution is -0.122. The highest BCUT2D eigenvalue weighted by Crippen LogP contribution is 2.35. The van der Waals surface area contributed by atoms with Gasteiger partial charge in [-0.2, -0.15) is 4.31 Å². The van der Waals surface area contributed by atoms with Crippen LogP contribution in [-0.4, -0.2) is 66.2 Å². The molecule has 10 nitrogen and oxygen atoms in total. The van der Waals surface area contributed by atoms with Crippen molar-refractivity contribution < 1.29 is 31.1 Å². The number of sulfonamides is 2. The largest absolute Gasteiger partial charge is 0.495 e. The Hall–Kier alpha value is -2.83. The summed E-state index contributed by atoms with van der Waals surface area (Å²) in [6.07, 6.45) is 2.48. The minimum atomic E-state index is -3.82. The third-order valence-corrected chi connectivity index (χ3v) is 8.86. The number of amides is 1. The van der Waals surface area contributed by atoms with E-state index >= 15 is 0 Å². The number of anilines is 2. The summed E-state index contributed by atoms with van der Waals surface area (Å²) in [6.45, 7) is 0.647. The molecule has 1 N–H and O–H groups in total. The maximum absolute atomic E-state index is 13.2. The van der Waals surface area contributed by atoms with E-state index in [0.29, 0.717) is 18.8 Å². The zero-order valence-corrected chi connectivity index (χ0v) is 20.6. The Labute approximate surface area is 199 Å². The van der Waals surface area contributed by atoms with Crippen LogP contribution in [0.25, 0.3) is 0 Å². The molecule has 1 amide bonds. The van der Waals surface area contributed by atoms with E-state index in [0.717, 1.165) is 29.8 Å². The van der Waals surface area contributed by atoms with Crippen molar-refractivity contribution in [2.24, 2.45) is 0 Å². The fraction of sp³-hybridized carbons (Fsp3) is 0.409. The number of hydrogen-bond donors (Lipinski definition) is 1. The number of para-hydroxylation sites is 2. The number of benzene rings is 2. The average molecular weight is 510 g/mol. The molecule has 1 saturated heterocycles. The molecule has 0 unspecified atom stereocenters. The highest BCUT2D eigenvalue weighted by atomic mass is 32.2. The monoisotopic (exact) mass is 509 g/mol. The van der Waals surface area contributed by atoms with E-state index in [9.17, 15) is 21.6 Å². The number of carbonyl (C=O) groups is 1. The molecule has 4 rings (SSSR count). The molecule has 12 heteroatoms. The van der Waals surface area contributed by atoms with Crippen molar-refractivity contribution in [3.05, 3.63) is 42.5 Å². The maximum Gasteiger partial charge on any atom is 0.267 e. The lowest BCUT2D eigenvalue weighted by Gasteiger charge is -2.33. The van der Waals surface area contributed by atoms with Gasteiger partial charge in [-0.3, -0.25) is 9.10 Å². The maximum atomic E-state index is 13.2. The molecule has 2 aliphatic heterocycles. The quantitative estimate of drug-likeness (QED) is 0.632. The van der Waals surface area contributed by atoms with E-state index in [1.54, 1.807) is 24.3 Å². The van der Waals surface area contributed by atoms with E-state index in [-0.39, 0.29) is 28.6 Å². The number of methoxy groups -OCH3 is 1. The highest BCUT2D eigenvalue weighted by molar-refractivity contribution is 7.92. The van der Waals surface area contributed by atoms with Gasteiger partial charge in [-0.25, -0.2) is 16.8 Å². The van der Waals surface area contributed by atoms with Crippen LogP contribution in [0.1, 0.15) is 19.3 Å². The van der Waals surface area contributed by atoms with Gasteiger partial charge in [0, 0.05) is 18.8 Å². The summed E-state index contributed by atoms with van der Waals surface area (Å²) in [5, 5.41) is 2.66. The molecule has 2 heterocycles. The van der Waals surface area contributed by atoms with Crippen molar-refractivity contribution in [2.45, 2.75) is 30.3 Å². The number of hydrogen-bond acceptors (Lipinski definition) is 7. The van der Waals surface area contributed by atoms with Gasteiger partial charge in [0.2, 0.25) is 20.0 Å². The second kappa shape index (κ2) is 9.43. The minimum Gasteiger partial charge on any atom is -0.495 e. The van der Waals surface area contributed by atoms with Gasteiger partial charge < -0.3 is 14.8 Å². The van der Waals surface area contributed by atoms with Gasteiger partial charge in [0.1, 0.15) is 16.4 Å². The summed E-state index contributed by atoms with van der Waals surface area (Å²) < 4.78 is 64.7. The van der Waals surface area contributed by atoms with E-state index in [4.69, 9.17) is 9.47 Å². The summed E-state index contributed by atoms with van der Waals surface area (Å²) in [6, 6.07) is 10.9. The summed E-state index contributed by atoms with van der Waals surface area (Å²) in [5.41, 5.74) is 0.586. The molecule has 1 fully saturated rings. The molecule has 2 aromatic carbocycles. The van der Waals surface area contributed by atoms with Gasteiger partial charge in [0.05, 0.1) is 25.6 Å². The Morgan fingerprint density at radius 3 is 2.44 bits per heavy atom. The van der Waals surface area contributed by atoms with Crippen LogP contribution >= 0.6 is 0 Å². The summed E-state index contributed by atoms with van der Waals surface area (Å²) in [5.74, 6) is -0.160. The molecule has 1 atom stereocenters. The predicted octanol–water partition coefficient (Wildman–Crippen LogP) is 2.04. The number of fused-ring (bicyclic) bond motifs is 1. The van der Waals surface area contributed by atoms with Gasteiger partial charge in [0.25, 0.3) is 5.91 Å². The van der Waals surface area contributed by atoms with E-state index in [1.807, 2.05) is 0 Å². The molecule has 2 aromatic rings. The molecular formula is C22H27N3O7S2. The summed E-state index contributed by atoms with van der Waals surface area (Å²) in [7, 11) is -6.09. The SMILES string of the molecule is COc1ccc(NC(=O)[C@H]2CN(S(C)(=O)=O)c3ccccc3O2)cc1S(=O)(=O)N1CCCCC1. The predicted molar refractivity (Wildman–Crippen MR) is 127 cm³/mol. The first-order valence-electron chi connectivity index (χ1n) is 10.8. The number of nitrogens with zero attached hydrogens (tertiary/aromatic N) is 2. The van der Waals surface area contributed by atoms with Crippen molar-refractivity contribution in [2.75, 3.05) is 42.6 Å². The van der Waals surface area contributed by atoms with Crippen molar-refractivity contribution >= 4 is 37.3 Å². The van der Waals surface area contributed by atoms with Crippen molar-refractivity contribution in [1.82, 2.24) is 4.31 Å². The fourth-order valence-corrected chi connectivity index (χ4v) is 6.69. The normalized spacial score (nSPS) is 19.1. The standard InChI is InChI=1S/C22H27N3O7S2/c1-31-19-11-10-16(14-21(19)34(29,30)24-12-6-3-7-13-24)23-22(26)20-15-25(33(2,27)28)17-8-4-5-9-18(17)32-20/h4-5,8-11,14,20H,3,6-7,12-13,15H2,1-2H3,(H,23,26)/t20-/m1/s1. The Kier molecular flexibility index (Phi) is 6.74. The van der Waals surface area contributed by atoms with E-state index in [1.165, 1.54) is 29.6 Å². The Balaban J connectivity index is 1.60. The van der Waals surface area contributed by atoms with Crippen LogP contribution in [0.15, 0.2) is 47.4 Å². The molecule has 34 heavy (non-hydrogen) atoms. The van der Waals surface area contributed by atoms with Crippen LogP contribution in [0.2, 0.25) is 0 Å². The average Bonchev–Trinajstić information content (AvgIpc) is 2.83. The zero-order valence-electron chi connectivity index (χ0n) is 18.9. The van der Waals surface area contributed by atoms with Gasteiger partial charge in [-0.1, -0.05) is 18.6 Å². The Morgan fingerprint density at radius 1 is 1.06 bits per heavy atom. The van der Waals surface area contributed by atoms with Crippen LogP contribution < -0.4 is 19.1 Å². The fourth-order valence-electron chi connectivity index (χ4n) is 4.08. The first-order chi connectivity index (χ1) is 16.1. The zero-order chi connectivity index (χ0) is 24.5. The topological polar surface area (TPSA) is 122 Å². The molecular weight excluding hydrogens is 482 g/mol. The molecule has 0 aromatic heterocycles. The third kappa shape index (κ3) is 4.84. The lowest BCUT2D eigenvalue weighted by Crippen LogP contribution is -2.48. The number of piperidine rings is 1. The number of ether oxygens (including phenoxy) is 2. The van der Waals surface area contributed by atoms with Crippen LogP contribution in [0.5, 0.6) is 11.5 Å². The lowest BCUT2D eigenvalue weighted by atomic mass is 10.2. The first kappa shape index (κ1) is 24.3. The van der Waals surface area contributed by atoms with Crippen molar-refractivity contribution in [1.29, 1.82) is 0 Å². The summed E-state index contributed by atoms with van der Waals surface area (Å²) in [4.78, 5) is 13.0. The second-order valence-electron chi connectivity index (χ2n) is 8.19. The third-order valence-electron chi connectivity index (χ3n) is 5.79. The summed E-state index contributed by atoms with van der Waals surface area (Å²) >= 11 is 0. The van der Waals surface area contributed by atoms with Crippen LogP contribution in [-0.2, 0) is 24.8 Å². The van der Waals surface area contributed by atoms with E-state index < -0.39 is 32.1 Å². The Bertz CT molecular complexity index is 1290. The van der Waals surface area contributed by atoms with Gasteiger partial charge in [-0.05, 0) is 43.2 Å². The van der Waals surface area contributed by atoms with Gasteiger partial charge >= 0.3 is 0 Å². The smallest absolute Gasteiger partial charge is 0.267 e. The van der Waals surface area contributed by atoms with Gasteiger partial charge in [0.15, 0.2) is 6.10 Å². The molecule has 184 valence electrons. The molecule has 0 radical (unpaired) electrons. The van der Waals surface area contributed by atoms with Crippen molar-refractivity contribution in [3.63, 3.8) is 0 Å². The molecule has 0 aliphatic carbocycles. The number of nitrogens with one attached hydrogen (secondary N) is 1. The number of carbonyl (C=O) groups excluding carboxylic acids is 1. The van der Waals surface area contributed by atoms with Gasteiger partial charge in [-0.15, -0.1) is 0 Å². The van der Waals surface area contributed by atoms with Crippen LogP contribution in [0.3, 0.4) is 0 Å². The Morgan fingerprint density at radius 2 is 1.76 bits per heavy atom. The first-order valence-corrected chi connectivity index (χ1v) is 14.1. The van der Waals surface area contributed by atoms with E-state index in [2.05, 4.69) is 5.32 Å². The molecule has 0 saturated carbocycles.